The van der Waals surface area contributed by atoms with Gasteiger partial charge in [-0.2, -0.15) is 5.26 Å². The molecule has 3 N–H and O–H groups in total. The average molecular weight is 531 g/mol. The lowest BCUT2D eigenvalue weighted by Crippen LogP contribution is -2.52. The van der Waals surface area contributed by atoms with Crippen LogP contribution in [0, 0.1) is 17.2 Å². The molecule has 202 valence electrons. The van der Waals surface area contributed by atoms with Crippen LogP contribution in [0.2, 0.25) is 0 Å². The van der Waals surface area contributed by atoms with E-state index in [0.29, 0.717) is 52.3 Å². The van der Waals surface area contributed by atoms with Crippen LogP contribution in [0.15, 0.2) is 35.5 Å². The number of nitrogens with one attached hydrogen (secondary N) is 1. The molecule has 1 fully saturated rings. The van der Waals surface area contributed by atoms with Crippen molar-refractivity contribution in [1.29, 1.82) is 5.26 Å². The van der Waals surface area contributed by atoms with Crippen molar-refractivity contribution >= 4 is 51.2 Å². The number of nitrogens with zero attached hydrogens (tertiary/aromatic N) is 8. The molecule has 2 amide bonds. The van der Waals surface area contributed by atoms with Crippen molar-refractivity contribution in [3.05, 3.63) is 41.2 Å². The molecule has 4 aromatic rings. The highest BCUT2D eigenvalue weighted by Crippen LogP contribution is 2.30. The van der Waals surface area contributed by atoms with Crippen molar-refractivity contribution in [3.8, 4) is 6.07 Å². The molecule has 13 heteroatoms. The van der Waals surface area contributed by atoms with E-state index in [2.05, 4.69) is 22.2 Å². The van der Waals surface area contributed by atoms with Crippen molar-refractivity contribution < 1.29 is 9.59 Å². The van der Waals surface area contributed by atoms with Crippen LogP contribution in [0.5, 0.6) is 0 Å². The van der Waals surface area contributed by atoms with Crippen molar-refractivity contribution in [1.82, 2.24) is 28.6 Å². The second kappa shape index (κ2) is 9.79. The molecule has 39 heavy (non-hydrogen) atoms. The summed E-state index contributed by atoms with van der Waals surface area (Å²) in [5.41, 5.74) is 8.43. The van der Waals surface area contributed by atoms with Gasteiger partial charge in [0.2, 0.25) is 5.91 Å². The topological polar surface area (TPSA) is 160 Å². The maximum atomic E-state index is 13.3. The molecule has 0 saturated carbocycles. The highest BCUT2D eigenvalue weighted by Gasteiger charge is 2.33. The first-order valence-electron chi connectivity index (χ1n) is 12.6. The number of piperidine rings is 1. The second-order valence-electron chi connectivity index (χ2n) is 10.00. The van der Waals surface area contributed by atoms with Gasteiger partial charge < -0.3 is 20.9 Å². The van der Waals surface area contributed by atoms with Crippen molar-refractivity contribution in [2.75, 3.05) is 36.1 Å². The fourth-order valence-corrected chi connectivity index (χ4v) is 5.34. The minimum atomic E-state index is -0.469. The number of nitrogen functional groups attached to an aromatic ring is 1. The Labute approximate surface area is 224 Å². The molecule has 0 aliphatic carbocycles. The molecular weight excluding hydrogens is 500 g/mol. The van der Waals surface area contributed by atoms with Gasteiger partial charge in [-0.15, -0.1) is 0 Å². The number of aryl methyl sites for hydroxylation is 2. The number of rotatable bonds is 4. The van der Waals surface area contributed by atoms with Gasteiger partial charge in [0.05, 0.1) is 39.9 Å². The average Bonchev–Trinajstić information content (AvgIpc) is 3.44. The largest absolute Gasteiger partial charge is 0.397 e. The van der Waals surface area contributed by atoms with Crippen LogP contribution in [-0.2, 0) is 18.9 Å². The van der Waals surface area contributed by atoms with E-state index in [1.54, 1.807) is 43.4 Å². The second-order valence-corrected chi connectivity index (χ2v) is 10.00. The smallest absolute Gasteiger partial charge is 0.331 e. The van der Waals surface area contributed by atoms with E-state index < -0.39 is 6.03 Å². The van der Waals surface area contributed by atoms with Gasteiger partial charge in [-0.25, -0.2) is 19.6 Å². The molecule has 13 nitrogen and oxygen atoms in total. The SMILES string of the molecule is C[C@@H]1CCN(C(=O)CC#N)C[C@@H]1N(C)c1ncnc2c1ccn2C(=O)Nc1cc2c(cc1N)n(C)c(=O)n2C. The van der Waals surface area contributed by atoms with E-state index in [1.165, 1.54) is 20.0 Å². The molecule has 2 atom stereocenters. The number of imidazole rings is 1. The fourth-order valence-electron chi connectivity index (χ4n) is 5.34. The van der Waals surface area contributed by atoms with Crippen molar-refractivity contribution in [2.24, 2.45) is 20.0 Å². The Morgan fingerprint density at radius 3 is 2.67 bits per heavy atom. The van der Waals surface area contributed by atoms with E-state index in [9.17, 15) is 14.4 Å². The number of carbonyl (C=O) groups excluding carboxylic acids is 2. The van der Waals surface area contributed by atoms with E-state index in [4.69, 9.17) is 11.0 Å². The summed E-state index contributed by atoms with van der Waals surface area (Å²) in [6, 6.07) is 6.55. The maximum absolute atomic E-state index is 13.3. The predicted octanol–water partition coefficient (Wildman–Crippen LogP) is 1.87. The molecule has 1 aromatic carbocycles. The lowest BCUT2D eigenvalue weighted by molar-refractivity contribution is -0.131. The Morgan fingerprint density at radius 1 is 1.23 bits per heavy atom. The number of anilines is 3. The minimum Gasteiger partial charge on any atom is -0.397 e. The van der Waals surface area contributed by atoms with Gasteiger partial charge in [-0.3, -0.25) is 18.5 Å². The maximum Gasteiger partial charge on any atom is 0.331 e. The molecule has 3 aromatic heterocycles. The molecule has 1 aliphatic rings. The number of hydrogen-bond donors (Lipinski definition) is 2. The Morgan fingerprint density at radius 2 is 1.95 bits per heavy atom. The summed E-state index contributed by atoms with van der Waals surface area (Å²) >= 11 is 0. The van der Waals surface area contributed by atoms with E-state index in [-0.39, 0.29) is 30.0 Å². The lowest BCUT2D eigenvalue weighted by atomic mass is 9.92. The van der Waals surface area contributed by atoms with Crippen LogP contribution >= 0.6 is 0 Å². The number of fused-ring (bicyclic) bond motifs is 2. The molecule has 4 heterocycles. The zero-order valence-electron chi connectivity index (χ0n) is 22.2. The summed E-state index contributed by atoms with van der Waals surface area (Å²) in [6.45, 7) is 3.23. The monoisotopic (exact) mass is 530 g/mol. The Balaban J connectivity index is 1.44. The molecular formula is C26H30N10O3. The molecule has 5 rings (SSSR count). The third-order valence-corrected chi connectivity index (χ3v) is 7.70. The fraction of sp³-hybridized carbons (Fsp3) is 0.385. The van der Waals surface area contributed by atoms with Crippen LogP contribution in [0.1, 0.15) is 19.8 Å². The van der Waals surface area contributed by atoms with Gasteiger partial charge in [0.15, 0.2) is 5.65 Å². The van der Waals surface area contributed by atoms with E-state index >= 15 is 0 Å². The number of likely N-dealkylation sites (tertiary alicyclic amines) is 1. The summed E-state index contributed by atoms with van der Waals surface area (Å²) < 4.78 is 4.37. The predicted molar refractivity (Wildman–Crippen MR) is 147 cm³/mol. The van der Waals surface area contributed by atoms with Crippen LogP contribution in [0.25, 0.3) is 22.1 Å². The van der Waals surface area contributed by atoms with Gasteiger partial charge in [0.1, 0.15) is 18.6 Å². The van der Waals surface area contributed by atoms with Crippen LogP contribution in [0.3, 0.4) is 0 Å². The highest BCUT2D eigenvalue weighted by molar-refractivity contribution is 6.02. The molecule has 0 bridgehead atoms. The first-order valence-corrected chi connectivity index (χ1v) is 12.6. The van der Waals surface area contributed by atoms with E-state index in [1.807, 2.05) is 18.0 Å². The third-order valence-electron chi connectivity index (χ3n) is 7.70. The quantitative estimate of drug-likeness (QED) is 0.378. The zero-order valence-corrected chi connectivity index (χ0v) is 22.2. The first-order chi connectivity index (χ1) is 18.6. The van der Waals surface area contributed by atoms with Crippen molar-refractivity contribution in [2.45, 2.75) is 25.8 Å². The Kier molecular flexibility index (Phi) is 6.47. The van der Waals surface area contributed by atoms with Crippen molar-refractivity contribution in [3.63, 3.8) is 0 Å². The summed E-state index contributed by atoms with van der Waals surface area (Å²) in [5, 5.41) is 12.4. The van der Waals surface area contributed by atoms with Gasteiger partial charge in [0, 0.05) is 40.4 Å². The standard InChI is InChI=1S/C26H30N10O3/c1-15-6-9-35(22(37)5-8-27)13-21(15)32(2)23-16-7-10-36(24(16)30-14-29-23)25(38)31-18-12-20-19(11-17(18)28)33(3)26(39)34(20)4/h7,10-12,14-15,21H,5-6,9,13,28H2,1-4H3,(H,31,38)/t15-,21+/m1/s1. The Bertz CT molecular complexity index is 1710. The number of nitriles is 1. The van der Waals surface area contributed by atoms with E-state index in [0.717, 1.165) is 6.42 Å². The Hall–Kier alpha value is -4.86. The summed E-state index contributed by atoms with van der Waals surface area (Å²) in [5.74, 6) is 0.744. The summed E-state index contributed by atoms with van der Waals surface area (Å²) in [6.07, 6.45) is 3.69. The molecule has 1 aliphatic heterocycles. The number of carbonyl (C=O) groups is 2. The number of aromatic nitrogens is 5. The number of amides is 2. The number of hydrogen-bond acceptors (Lipinski definition) is 8. The lowest BCUT2D eigenvalue weighted by Gasteiger charge is -2.42. The minimum absolute atomic E-state index is 0.0271. The molecule has 0 radical (unpaired) electrons. The van der Waals surface area contributed by atoms with Crippen LogP contribution < -0.4 is 21.6 Å². The molecule has 0 unspecified atom stereocenters. The summed E-state index contributed by atoms with van der Waals surface area (Å²) in [4.78, 5) is 50.6. The summed E-state index contributed by atoms with van der Waals surface area (Å²) in [7, 11) is 5.24. The van der Waals surface area contributed by atoms with Crippen LogP contribution in [0.4, 0.5) is 22.0 Å². The van der Waals surface area contributed by atoms with Gasteiger partial charge >= 0.3 is 11.7 Å². The molecule has 1 saturated heterocycles. The van der Waals surface area contributed by atoms with Gasteiger partial charge in [-0.1, -0.05) is 6.92 Å². The zero-order chi connectivity index (χ0) is 28.0. The molecule has 0 spiro atoms. The third kappa shape index (κ3) is 4.33. The first kappa shape index (κ1) is 25.8. The van der Waals surface area contributed by atoms with Gasteiger partial charge in [-0.05, 0) is 30.5 Å². The van der Waals surface area contributed by atoms with Crippen LogP contribution in [-0.4, -0.2) is 66.7 Å². The normalized spacial score (nSPS) is 17.4. The highest BCUT2D eigenvalue weighted by atomic mass is 16.2. The number of likely N-dealkylation sites (N-methyl/N-ethyl adjacent to an activating group) is 1. The number of benzene rings is 1. The van der Waals surface area contributed by atoms with Gasteiger partial charge in [0.25, 0.3) is 0 Å². The number of nitrogens with two attached hydrogens (primary N) is 1.